The Morgan fingerprint density at radius 1 is 0.966 bits per heavy atom. The summed E-state index contributed by atoms with van der Waals surface area (Å²) < 4.78 is 2.19. The fourth-order valence-electron chi connectivity index (χ4n) is 4.70. The maximum Gasteiger partial charge on any atom is 0.209 e. The molecule has 142 valence electrons. The van der Waals surface area contributed by atoms with Crippen molar-refractivity contribution in [2.75, 3.05) is 5.32 Å². The van der Waals surface area contributed by atoms with Gasteiger partial charge in [-0.25, -0.2) is 4.98 Å². The predicted octanol–water partition coefficient (Wildman–Crippen LogP) is 5.51. The molecule has 6 rings (SSSR count). The predicted molar refractivity (Wildman–Crippen MR) is 116 cm³/mol. The Morgan fingerprint density at radius 2 is 1.79 bits per heavy atom. The van der Waals surface area contributed by atoms with E-state index in [1.807, 2.05) is 36.4 Å². The third-order valence-corrected chi connectivity index (χ3v) is 6.99. The Hall–Kier alpha value is -3.18. The lowest BCUT2D eigenvalue weighted by Crippen LogP contribution is -2.32. The van der Waals surface area contributed by atoms with Crippen LogP contribution in [0.4, 0.5) is 5.95 Å². The number of para-hydroxylation sites is 2. The molecule has 0 spiro atoms. The third-order valence-electron chi connectivity index (χ3n) is 5.96. The van der Waals surface area contributed by atoms with Crippen molar-refractivity contribution in [2.45, 2.75) is 24.8 Å². The lowest BCUT2D eigenvalue weighted by Gasteiger charge is -2.36. The van der Waals surface area contributed by atoms with Gasteiger partial charge in [-0.2, -0.15) is 0 Å². The van der Waals surface area contributed by atoms with E-state index < -0.39 is 0 Å². The van der Waals surface area contributed by atoms with Crippen LogP contribution in [0.2, 0.25) is 0 Å². The summed E-state index contributed by atoms with van der Waals surface area (Å²) in [6, 6.07) is 22.5. The molecular weight excluding hydrogens is 378 g/mol. The van der Waals surface area contributed by atoms with E-state index in [2.05, 4.69) is 45.6 Å². The molecule has 2 aromatic carbocycles. The number of thiophene rings is 1. The SMILES string of the molecule is O=C1CC(c2cccs2)CC2=C1C(c1ccccc1)n1c(nc3ccccc31)N2. The molecule has 5 heteroatoms. The van der Waals surface area contributed by atoms with Crippen LogP contribution in [0.25, 0.3) is 11.0 Å². The average molecular weight is 398 g/mol. The van der Waals surface area contributed by atoms with Crippen LogP contribution in [-0.2, 0) is 4.79 Å². The van der Waals surface area contributed by atoms with Gasteiger partial charge in [0, 0.05) is 28.5 Å². The zero-order chi connectivity index (χ0) is 19.4. The van der Waals surface area contributed by atoms with Gasteiger partial charge in [0.1, 0.15) is 0 Å². The monoisotopic (exact) mass is 397 g/mol. The molecule has 0 bridgehead atoms. The molecule has 0 fully saturated rings. The van der Waals surface area contributed by atoms with Crippen LogP contribution in [0.15, 0.2) is 83.4 Å². The maximum atomic E-state index is 13.5. The highest BCUT2D eigenvalue weighted by Crippen LogP contribution is 2.46. The second-order valence-corrected chi connectivity index (χ2v) is 8.65. The van der Waals surface area contributed by atoms with Crippen molar-refractivity contribution in [1.29, 1.82) is 0 Å². The lowest BCUT2D eigenvalue weighted by atomic mass is 9.80. The Balaban J connectivity index is 1.56. The summed E-state index contributed by atoms with van der Waals surface area (Å²) in [6.45, 7) is 0. The maximum absolute atomic E-state index is 13.5. The Kier molecular flexibility index (Phi) is 3.71. The number of aromatic nitrogens is 2. The molecule has 1 aliphatic heterocycles. The Bertz CT molecular complexity index is 1250. The van der Waals surface area contributed by atoms with E-state index >= 15 is 0 Å². The quantitative estimate of drug-likeness (QED) is 0.485. The number of rotatable bonds is 2. The van der Waals surface area contributed by atoms with Crippen LogP contribution in [0.1, 0.15) is 35.2 Å². The number of imidazole rings is 1. The molecule has 2 aliphatic rings. The van der Waals surface area contributed by atoms with Gasteiger partial charge in [0.05, 0.1) is 17.1 Å². The molecule has 0 saturated carbocycles. The van der Waals surface area contributed by atoms with E-state index in [1.165, 1.54) is 4.88 Å². The van der Waals surface area contributed by atoms with Gasteiger partial charge in [-0.3, -0.25) is 9.36 Å². The summed E-state index contributed by atoms with van der Waals surface area (Å²) in [6.07, 6.45) is 1.40. The zero-order valence-electron chi connectivity index (χ0n) is 15.7. The number of carbonyl (C=O) groups is 1. The fourth-order valence-corrected chi connectivity index (χ4v) is 5.53. The number of hydrogen-bond acceptors (Lipinski definition) is 4. The van der Waals surface area contributed by atoms with Gasteiger partial charge in [-0.15, -0.1) is 11.3 Å². The fraction of sp³-hybridized carbons (Fsp3) is 0.167. The molecule has 0 radical (unpaired) electrons. The minimum atomic E-state index is -0.147. The first-order chi connectivity index (χ1) is 14.3. The van der Waals surface area contributed by atoms with Crippen LogP contribution >= 0.6 is 11.3 Å². The average Bonchev–Trinajstić information content (AvgIpc) is 3.40. The van der Waals surface area contributed by atoms with Gasteiger partial charge in [-0.1, -0.05) is 48.5 Å². The van der Waals surface area contributed by atoms with E-state index in [0.29, 0.717) is 6.42 Å². The molecular formula is C24H19N3OS. The van der Waals surface area contributed by atoms with Crippen LogP contribution in [0.3, 0.4) is 0 Å². The lowest BCUT2D eigenvalue weighted by molar-refractivity contribution is -0.116. The molecule has 1 N–H and O–H groups in total. The number of benzene rings is 2. The van der Waals surface area contributed by atoms with Gasteiger partial charge in [0.15, 0.2) is 5.78 Å². The molecule has 0 amide bonds. The second-order valence-electron chi connectivity index (χ2n) is 7.67. The van der Waals surface area contributed by atoms with Crippen molar-refractivity contribution < 1.29 is 4.79 Å². The van der Waals surface area contributed by atoms with Crippen LogP contribution in [-0.4, -0.2) is 15.3 Å². The number of fused-ring (bicyclic) bond motifs is 3. The topological polar surface area (TPSA) is 46.9 Å². The van der Waals surface area contributed by atoms with Gasteiger partial charge < -0.3 is 5.32 Å². The molecule has 3 heterocycles. The van der Waals surface area contributed by atoms with Gasteiger partial charge in [0.2, 0.25) is 5.95 Å². The number of allylic oxidation sites excluding steroid dienone is 2. The summed E-state index contributed by atoms with van der Waals surface area (Å²) >= 11 is 1.73. The number of carbonyl (C=O) groups excluding carboxylic acids is 1. The Labute approximate surface area is 172 Å². The molecule has 4 nitrogen and oxygen atoms in total. The van der Waals surface area contributed by atoms with Crippen molar-refractivity contribution in [2.24, 2.45) is 0 Å². The number of Topliss-reactive ketones (excluding diaryl/α,β-unsaturated/α-hetero) is 1. The van der Waals surface area contributed by atoms with Crippen LogP contribution < -0.4 is 5.32 Å². The Morgan fingerprint density at radius 3 is 2.62 bits per heavy atom. The largest absolute Gasteiger partial charge is 0.329 e. The van der Waals surface area contributed by atoms with Crippen molar-refractivity contribution in [3.8, 4) is 0 Å². The van der Waals surface area contributed by atoms with Crippen molar-refractivity contribution in [1.82, 2.24) is 9.55 Å². The highest BCUT2D eigenvalue weighted by molar-refractivity contribution is 7.10. The number of ketones is 1. The minimum Gasteiger partial charge on any atom is -0.329 e. The normalized spacial score (nSPS) is 21.0. The van der Waals surface area contributed by atoms with Gasteiger partial charge >= 0.3 is 0 Å². The molecule has 1 aliphatic carbocycles. The van der Waals surface area contributed by atoms with E-state index in [1.54, 1.807) is 11.3 Å². The minimum absolute atomic E-state index is 0.147. The van der Waals surface area contributed by atoms with E-state index in [4.69, 9.17) is 4.98 Å². The van der Waals surface area contributed by atoms with Gasteiger partial charge in [-0.05, 0) is 35.6 Å². The van der Waals surface area contributed by atoms with E-state index in [-0.39, 0.29) is 17.7 Å². The smallest absolute Gasteiger partial charge is 0.209 e. The van der Waals surface area contributed by atoms with Crippen molar-refractivity contribution in [3.63, 3.8) is 0 Å². The molecule has 4 aromatic rings. The number of hydrogen-bond donors (Lipinski definition) is 1. The van der Waals surface area contributed by atoms with E-state index in [9.17, 15) is 4.79 Å². The summed E-state index contributed by atoms with van der Waals surface area (Å²) in [5, 5.41) is 5.61. The molecule has 2 aromatic heterocycles. The highest BCUT2D eigenvalue weighted by Gasteiger charge is 2.39. The number of anilines is 1. The first-order valence-electron chi connectivity index (χ1n) is 9.88. The highest BCUT2D eigenvalue weighted by atomic mass is 32.1. The molecule has 0 saturated heterocycles. The molecule has 2 atom stereocenters. The van der Waals surface area contributed by atoms with Crippen LogP contribution in [0.5, 0.6) is 0 Å². The van der Waals surface area contributed by atoms with Crippen LogP contribution in [0, 0.1) is 0 Å². The van der Waals surface area contributed by atoms with Crippen molar-refractivity contribution in [3.05, 3.63) is 93.8 Å². The number of nitrogens with one attached hydrogen (secondary N) is 1. The third kappa shape index (κ3) is 2.58. The second kappa shape index (κ2) is 6.42. The zero-order valence-corrected chi connectivity index (χ0v) is 16.5. The van der Waals surface area contributed by atoms with E-state index in [0.717, 1.165) is 40.2 Å². The first kappa shape index (κ1) is 16.7. The summed E-state index contributed by atoms with van der Waals surface area (Å²) in [7, 11) is 0. The standard InChI is InChI=1S/C24H19N3OS/c28-20-14-16(21-11-6-12-29-21)13-18-22(20)23(15-7-2-1-3-8-15)27-19-10-5-4-9-17(19)25-24(27)26-18/h1-12,16,23H,13-14H2,(H,25,26). The first-order valence-corrected chi connectivity index (χ1v) is 10.8. The number of nitrogens with zero attached hydrogens (tertiary/aromatic N) is 2. The summed E-state index contributed by atoms with van der Waals surface area (Å²) in [4.78, 5) is 19.6. The van der Waals surface area contributed by atoms with Crippen molar-refractivity contribution >= 4 is 34.1 Å². The molecule has 2 unspecified atom stereocenters. The summed E-state index contributed by atoms with van der Waals surface area (Å²) in [5.41, 5.74) is 5.02. The molecule has 29 heavy (non-hydrogen) atoms. The van der Waals surface area contributed by atoms with Gasteiger partial charge in [0.25, 0.3) is 0 Å². The summed E-state index contributed by atoms with van der Waals surface area (Å²) in [5.74, 6) is 1.29.